The molecule has 5 heteroatoms. The molecular weight excluding hydrogens is 282 g/mol. The molecule has 1 N–H and O–H groups in total. The van der Waals surface area contributed by atoms with Crippen molar-refractivity contribution in [2.24, 2.45) is 5.92 Å². The first-order chi connectivity index (χ1) is 10.1. The minimum absolute atomic E-state index is 0.244. The van der Waals surface area contributed by atoms with Gasteiger partial charge in [0.1, 0.15) is 5.22 Å². The zero-order chi connectivity index (χ0) is 15.9. The van der Waals surface area contributed by atoms with Crippen molar-refractivity contribution < 1.29 is 13.6 Å². The van der Waals surface area contributed by atoms with Crippen LogP contribution in [0.4, 0.5) is 0 Å². The van der Waals surface area contributed by atoms with E-state index in [0.29, 0.717) is 12.0 Å². The van der Waals surface area contributed by atoms with Crippen LogP contribution in [0.1, 0.15) is 52.9 Å². The van der Waals surface area contributed by atoms with Gasteiger partial charge in [-0.2, -0.15) is 0 Å². The Labute approximate surface area is 132 Å². The summed E-state index contributed by atoms with van der Waals surface area (Å²) in [5.74, 6) is 0.465. The summed E-state index contributed by atoms with van der Waals surface area (Å²) in [6.07, 6.45) is 5.60. The molecule has 0 aromatic heterocycles. The third-order valence-corrected chi connectivity index (χ3v) is 9.75. The van der Waals surface area contributed by atoms with Gasteiger partial charge in [0.15, 0.2) is 0 Å². The summed E-state index contributed by atoms with van der Waals surface area (Å²) in [7, 11) is 3.12. The fraction of sp³-hybridized carbons (Fsp3) is 1.00. The highest BCUT2D eigenvalue weighted by Gasteiger charge is 2.63. The topological polar surface area (TPSA) is 39.7 Å². The molecule has 1 aliphatic rings. The molecule has 0 aromatic rings. The van der Waals surface area contributed by atoms with Crippen LogP contribution in [-0.2, 0) is 13.6 Å². The highest BCUT2D eigenvalue weighted by atomic mass is 28.4. The SMILES string of the molecule is CCCC1(OC)C(C(CC)NCC)CCC[Si]1(OC)OC. The predicted octanol–water partition coefficient (Wildman–Crippen LogP) is 3.24. The van der Waals surface area contributed by atoms with E-state index in [0.717, 1.165) is 31.9 Å². The second-order valence-corrected chi connectivity index (χ2v) is 9.74. The van der Waals surface area contributed by atoms with Crippen LogP contribution in [0.3, 0.4) is 0 Å². The van der Waals surface area contributed by atoms with E-state index in [2.05, 4.69) is 26.1 Å². The maximum atomic E-state index is 6.23. The first-order valence-corrected chi connectivity index (χ1v) is 10.5. The monoisotopic (exact) mass is 317 g/mol. The Morgan fingerprint density at radius 2 is 1.86 bits per heavy atom. The molecule has 4 nitrogen and oxygen atoms in total. The lowest BCUT2D eigenvalue weighted by atomic mass is 9.84. The van der Waals surface area contributed by atoms with Crippen molar-refractivity contribution in [3.63, 3.8) is 0 Å². The lowest BCUT2D eigenvalue weighted by Gasteiger charge is -2.54. The number of hydrogen-bond donors (Lipinski definition) is 1. The molecule has 1 rings (SSSR count). The smallest absolute Gasteiger partial charge is 0.371 e. The third-order valence-electron chi connectivity index (χ3n) is 5.30. The molecule has 0 aliphatic carbocycles. The summed E-state index contributed by atoms with van der Waals surface area (Å²) in [5.41, 5.74) is 0. The van der Waals surface area contributed by atoms with Gasteiger partial charge in [-0.15, -0.1) is 0 Å². The van der Waals surface area contributed by atoms with Crippen molar-refractivity contribution in [1.29, 1.82) is 0 Å². The minimum atomic E-state index is -2.36. The van der Waals surface area contributed by atoms with Crippen molar-refractivity contribution in [2.45, 2.75) is 70.2 Å². The normalized spacial score (nSPS) is 30.3. The molecule has 0 aromatic carbocycles. The van der Waals surface area contributed by atoms with Gasteiger partial charge in [0, 0.05) is 33.3 Å². The van der Waals surface area contributed by atoms with Gasteiger partial charge in [0.05, 0.1) is 0 Å². The molecule has 3 unspecified atom stereocenters. The molecule has 0 saturated carbocycles. The van der Waals surface area contributed by atoms with Crippen molar-refractivity contribution in [1.82, 2.24) is 5.32 Å². The van der Waals surface area contributed by atoms with E-state index in [1.165, 1.54) is 12.8 Å². The number of rotatable bonds is 9. The molecule has 1 heterocycles. The van der Waals surface area contributed by atoms with E-state index in [9.17, 15) is 0 Å². The third kappa shape index (κ3) is 3.37. The van der Waals surface area contributed by atoms with Gasteiger partial charge in [-0.1, -0.05) is 33.6 Å². The van der Waals surface area contributed by atoms with Crippen LogP contribution in [-0.4, -0.2) is 47.7 Å². The Morgan fingerprint density at radius 1 is 1.19 bits per heavy atom. The van der Waals surface area contributed by atoms with Gasteiger partial charge in [0.25, 0.3) is 0 Å². The summed E-state index contributed by atoms with van der Waals surface area (Å²) in [6.45, 7) is 7.66. The molecule has 0 amide bonds. The molecular formula is C16H35NO3Si. The zero-order valence-electron chi connectivity index (χ0n) is 14.8. The van der Waals surface area contributed by atoms with Gasteiger partial charge in [-0.3, -0.25) is 0 Å². The van der Waals surface area contributed by atoms with Crippen LogP contribution >= 0.6 is 0 Å². The molecule has 126 valence electrons. The number of nitrogens with one attached hydrogen (secondary N) is 1. The number of ether oxygens (including phenoxy) is 1. The summed E-state index contributed by atoms with van der Waals surface area (Å²) >= 11 is 0. The van der Waals surface area contributed by atoms with E-state index in [1.54, 1.807) is 0 Å². The molecule has 1 aliphatic heterocycles. The second kappa shape index (κ2) is 8.63. The van der Waals surface area contributed by atoms with Gasteiger partial charge in [0.2, 0.25) is 0 Å². The van der Waals surface area contributed by atoms with Crippen LogP contribution in [0.15, 0.2) is 0 Å². The van der Waals surface area contributed by atoms with Crippen molar-refractivity contribution in [3.05, 3.63) is 0 Å². The number of hydrogen-bond acceptors (Lipinski definition) is 4. The van der Waals surface area contributed by atoms with E-state index in [1.807, 2.05) is 21.3 Å². The molecule has 3 atom stereocenters. The summed E-state index contributed by atoms with van der Waals surface area (Å²) in [5, 5.41) is 3.42. The van der Waals surface area contributed by atoms with Gasteiger partial charge < -0.3 is 18.9 Å². The molecule has 1 saturated heterocycles. The first-order valence-electron chi connectivity index (χ1n) is 8.50. The Morgan fingerprint density at radius 3 is 2.29 bits per heavy atom. The highest BCUT2D eigenvalue weighted by molar-refractivity contribution is 6.70. The fourth-order valence-corrected chi connectivity index (χ4v) is 8.64. The zero-order valence-corrected chi connectivity index (χ0v) is 15.8. The van der Waals surface area contributed by atoms with Gasteiger partial charge in [-0.25, -0.2) is 0 Å². The van der Waals surface area contributed by atoms with Crippen LogP contribution < -0.4 is 5.32 Å². The average molecular weight is 318 g/mol. The van der Waals surface area contributed by atoms with Gasteiger partial charge in [-0.05, 0) is 31.9 Å². The van der Waals surface area contributed by atoms with E-state index in [-0.39, 0.29) is 5.22 Å². The Balaban J connectivity index is 3.25. The average Bonchev–Trinajstić information content (AvgIpc) is 2.53. The molecule has 0 radical (unpaired) electrons. The minimum Gasteiger partial charge on any atom is -0.396 e. The molecule has 0 spiro atoms. The summed E-state index contributed by atoms with van der Waals surface area (Å²) < 4.78 is 18.3. The fourth-order valence-electron chi connectivity index (χ4n) is 4.43. The Kier molecular flexibility index (Phi) is 7.85. The van der Waals surface area contributed by atoms with Crippen LogP contribution in [0.2, 0.25) is 6.04 Å². The van der Waals surface area contributed by atoms with Crippen LogP contribution in [0.25, 0.3) is 0 Å². The quantitative estimate of drug-likeness (QED) is 0.663. The number of methoxy groups -OCH3 is 1. The van der Waals surface area contributed by atoms with E-state index in [4.69, 9.17) is 13.6 Å². The maximum absolute atomic E-state index is 6.23. The maximum Gasteiger partial charge on any atom is 0.371 e. The van der Waals surface area contributed by atoms with Crippen LogP contribution in [0, 0.1) is 5.92 Å². The largest absolute Gasteiger partial charge is 0.396 e. The molecule has 1 fully saturated rings. The Bertz CT molecular complexity index is 299. The summed E-state index contributed by atoms with van der Waals surface area (Å²) in [6, 6.07) is 1.51. The highest BCUT2D eigenvalue weighted by Crippen LogP contribution is 2.48. The lowest BCUT2D eigenvalue weighted by Crippen LogP contribution is -2.71. The van der Waals surface area contributed by atoms with Crippen molar-refractivity contribution in [3.8, 4) is 0 Å². The summed E-state index contributed by atoms with van der Waals surface area (Å²) in [4.78, 5) is 0. The predicted molar refractivity (Wildman–Crippen MR) is 89.7 cm³/mol. The van der Waals surface area contributed by atoms with Crippen molar-refractivity contribution >= 4 is 8.56 Å². The van der Waals surface area contributed by atoms with E-state index < -0.39 is 8.56 Å². The second-order valence-electron chi connectivity index (χ2n) is 6.08. The molecule has 21 heavy (non-hydrogen) atoms. The van der Waals surface area contributed by atoms with E-state index >= 15 is 0 Å². The van der Waals surface area contributed by atoms with Crippen LogP contribution in [0.5, 0.6) is 0 Å². The van der Waals surface area contributed by atoms with Gasteiger partial charge >= 0.3 is 8.56 Å². The lowest BCUT2D eigenvalue weighted by molar-refractivity contribution is -0.0649. The standard InChI is InChI=1S/C16H35NO3Si/c1-7-12-16(18-4)14(15(8-2)17-9-3)11-10-13-21(16,19-5)20-6/h14-15,17H,7-13H2,1-6H3. The molecule has 0 bridgehead atoms. The van der Waals surface area contributed by atoms with Crippen molar-refractivity contribution in [2.75, 3.05) is 27.9 Å². The Hall–Kier alpha value is 0.0569. The first kappa shape index (κ1) is 19.1.